The summed E-state index contributed by atoms with van der Waals surface area (Å²) in [7, 11) is 0. The van der Waals surface area contributed by atoms with E-state index in [0.717, 1.165) is 32.4 Å². The Bertz CT molecular complexity index is 538. The first-order valence-electron chi connectivity index (χ1n) is 8.03. The molecule has 1 aromatic carbocycles. The molecule has 2 fully saturated rings. The van der Waals surface area contributed by atoms with Crippen LogP contribution in [0.5, 0.6) is 0 Å². The van der Waals surface area contributed by atoms with Crippen LogP contribution in [0.2, 0.25) is 0 Å². The summed E-state index contributed by atoms with van der Waals surface area (Å²) in [5.74, 6) is 0.228. The molecule has 1 spiro atoms. The lowest BCUT2D eigenvalue weighted by atomic mass is 9.92. The highest BCUT2D eigenvalue weighted by Gasteiger charge is 2.57. The molecule has 1 aromatic rings. The molecule has 1 unspecified atom stereocenters. The second kappa shape index (κ2) is 6.48. The zero-order valence-electron chi connectivity index (χ0n) is 12.7. The summed E-state index contributed by atoms with van der Waals surface area (Å²) in [6, 6.07) is 9.10. The van der Waals surface area contributed by atoms with Gasteiger partial charge in [-0.3, -0.25) is 9.59 Å². The van der Waals surface area contributed by atoms with Crippen LogP contribution in [-0.2, 0) is 4.79 Å². The molecule has 1 saturated carbocycles. The number of rotatable bonds is 5. The topological polar surface area (TPSA) is 70.2 Å². The molecule has 5 nitrogen and oxygen atoms in total. The molecule has 1 aliphatic carbocycles. The van der Waals surface area contributed by atoms with Gasteiger partial charge in [0.25, 0.3) is 5.91 Å². The van der Waals surface area contributed by atoms with E-state index in [0.29, 0.717) is 18.7 Å². The number of hydrogen-bond acceptors (Lipinski definition) is 3. The van der Waals surface area contributed by atoms with Crippen molar-refractivity contribution in [2.24, 2.45) is 11.3 Å². The average molecular weight is 301 g/mol. The zero-order chi connectivity index (χ0) is 15.4. The summed E-state index contributed by atoms with van der Waals surface area (Å²) in [4.78, 5) is 24.0. The van der Waals surface area contributed by atoms with E-state index in [-0.39, 0.29) is 23.1 Å². The van der Waals surface area contributed by atoms with Gasteiger partial charge in [-0.2, -0.15) is 0 Å². The van der Waals surface area contributed by atoms with Crippen molar-refractivity contribution in [3.8, 4) is 0 Å². The summed E-state index contributed by atoms with van der Waals surface area (Å²) in [5, 5.41) is 9.11. The molecule has 0 radical (unpaired) electrons. The Balaban J connectivity index is 1.35. The molecule has 1 saturated heterocycles. The molecule has 1 atom stereocenters. The average Bonchev–Trinajstić information content (AvgIpc) is 3.26. The van der Waals surface area contributed by atoms with Crippen molar-refractivity contribution in [1.82, 2.24) is 16.0 Å². The van der Waals surface area contributed by atoms with Crippen LogP contribution in [0.25, 0.3) is 0 Å². The molecular weight excluding hydrogens is 278 g/mol. The van der Waals surface area contributed by atoms with E-state index in [1.54, 1.807) is 12.1 Å². The Labute approximate surface area is 130 Å². The molecule has 2 amide bonds. The first-order chi connectivity index (χ1) is 10.7. The lowest BCUT2D eigenvalue weighted by Crippen LogP contribution is -2.37. The van der Waals surface area contributed by atoms with Gasteiger partial charge in [0, 0.05) is 24.6 Å². The Morgan fingerprint density at radius 2 is 1.77 bits per heavy atom. The second-order valence-electron chi connectivity index (χ2n) is 6.28. The lowest BCUT2D eigenvalue weighted by molar-refractivity contribution is -0.123. The van der Waals surface area contributed by atoms with E-state index in [1.165, 1.54) is 0 Å². The highest BCUT2D eigenvalue weighted by Crippen LogP contribution is 2.58. The summed E-state index contributed by atoms with van der Waals surface area (Å²) in [5.41, 5.74) is 0.910. The monoisotopic (exact) mass is 301 g/mol. The maximum Gasteiger partial charge on any atom is 0.251 e. The van der Waals surface area contributed by atoms with Gasteiger partial charge in [0.2, 0.25) is 5.91 Å². The number of amides is 2. The van der Waals surface area contributed by atoms with E-state index in [1.807, 2.05) is 18.2 Å². The third-order valence-corrected chi connectivity index (χ3v) is 4.85. The Morgan fingerprint density at radius 1 is 1.09 bits per heavy atom. The van der Waals surface area contributed by atoms with Gasteiger partial charge >= 0.3 is 0 Å². The molecule has 1 aliphatic heterocycles. The number of hydrogen-bond donors (Lipinski definition) is 3. The summed E-state index contributed by atoms with van der Waals surface area (Å²) >= 11 is 0. The second-order valence-corrected chi connectivity index (χ2v) is 6.28. The number of carbonyl (C=O) groups is 2. The van der Waals surface area contributed by atoms with E-state index in [2.05, 4.69) is 16.0 Å². The van der Waals surface area contributed by atoms with Crippen LogP contribution in [0.4, 0.5) is 0 Å². The van der Waals surface area contributed by atoms with Crippen LogP contribution in [0.3, 0.4) is 0 Å². The van der Waals surface area contributed by atoms with Crippen molar-refractivity contribution < 1.29 is 9.59 Å². The molecule has 3 N–H and O–H groups in total. The fourth-order valence-corrected chi connectivity index (χ4v) is 3.37. The number of nitrogens with one attached hydrogen (secondary N) is 3. The fourth-order valence-electron chi connectivity index (χ4n) is 3.37. The van der Waals surface area contributed by atoms with Gasteiger partial charge < -0.3 is 16.0 Å². The zero-order valence-corrected chi connectivity index (χ0v) is 12.7. The molecule has 0 aromatic heterocycles. The quantitative estimate of drug-likeness (QED) is 0.708. The third kappa shape index (κ3) is 3.30. The molecule has 5 heteroatoms. The van der Waals surface area contributed by atoms with Crippen molar-refractivity contribution in [3.63, 3.8) is 0 Å². The van der Waals surface area contributed by atoms with Gasteiger partial charge in [-0.15, -0.1) is 0 Å². The molecule has 118 valence electrons. The normalized spacial score (nSPS) is 22.1. The van der Waals surface area contributed by atoms with Gasteiger partial charge in [-0.25, -0.2) is 0 Å². The third-order valence-electron chi connectivity index (χ3n) is 4.85. The van der Waals surface area contributed by atoms with Crippen molar-refractivity contribution >= 4 is 11.8 Å². The predicted molar refractivity (Wildman–Crippen MR) is 84.4 cm³/mol. The maximum atomic E-state index is 12.1. The summed E-state index contributed by atoms with van der Waals surface area (Å²) in [6.45, 7) is 3.00. The van der Waals surface area contributed by atoms with Crippen molar-refractivity contribution in [2.45, 2.75) is 19.3 Å². The number of piperidine rings is 1. The first-order valence-corrected chi connectivity index (χ1v) is 8.03. The van der Waals surface area contributed by atoms with Crippen LogP contribution in [0.15, 0.2) is 30.3 Å². The highest BCUT2D eigenvalue weighted by atomic mass is 16.2. The Hall–Kier alpha value is -1.88. The van der Waals surface area contributed by atoms with E-state index in [4.69, 9.17) is 0 Å². The Kier molecular flexibility index (Phi) is 4.43. The minimum absolute atomic E-state index is 0.101. The van der Waals surface area contributed by atoms with Crippen LogP contribution >= 0.6 is 0 Å². The van der Waals surface area contributed by atoms with Crippen LogP contribution in [0.1, 0.15) is 29.6 Å². The van der Waals surface area contributed by atoms with Gasteiger partial charge in [0.15, 0.2) is 0 Å². The fraction of sp³-hybridized carbons (Fsp3) is 0.529. The first kappa shape index (κ1) is 15.0. The number of carbonyl (C=O) groups excluding carboxylic acids is 2. The minimum Gasteiger partial charge on any atom is -0.354 e. The predicted octanol–water partition coefficient (Wildman–Crippen LogP) is 0.922. The van der Waals surface area contributed by atoms with Gasteiger partial charge in [0.05, 0.1) is 0 Å². The van der Waals surface area contributed by atoms with Gasteiger partial charge in [0.1, 0.15) is 0 Å². The highest BCUT2D eigenvalue weighted by molar-refractivity contribution is 5.94. The van der Waals surface area contributed by atoms with Crippen molar-refractivity contribution in [2.75, 3.05) is 26.2 Å². The maximum absolute atomic E-state index is 12.1. The molecule has 3 rings (SSSR count). The molecule has 22 heavy (non-hydrogen) atoms. The van der Waals surface area contributed by atoms with Crippen LogP contribution < -0.4 is 16.0 Å². The van der Waals surface area contributed by atoms with Crippen molar-refractivity contribution in [1.29, 1.82) is 0 Å². The standard InChI is InChI=1S/C17H23N3O2/c21-15(13-4-2-1-3-5-13)19-10-11-20-16(22)14-12-17(14)6-8-18-9-7-17/h1-5,14,18H,6-12H2,(H,19,21)(H,20,22). The van der Waals surface area contributed by atoms with E-state index >= 15 is 0 Å². The molecule has 2 aliphatic rings. The van der Waals surface area contributed by atoms with E-state index < -0.39 is 0 Å². The largest absolute Gasteiger partial charge is 0.354 e. The molecular formula is C17H23N3O2. The van der Waals surface area contributed by atoms with Crippen LogP contribution in [0, 0.1) is 11.3 Å². The van der Waals surface area contributed by atoms with Gasteiger partial charge in [-0.1, -0.05) is 18.2 Å². The lowest BCUT2D eigenvalue weighted by Gasteiger charge is -2.23. The molecule has 0 bridgehead atoms. The number of benzene rings is 1. The Morgan fingerprint density at radius 3 is 2.50 bits per heavy atom. The van der Waals surface area contributed by atoms with E-state index in [9.17, 15) is 9.59 Å². The van der Waals surface area contributed by atoms with Crippen LogP contribution in [-0.4, -0.2) is 38.0 Å². The SMILES string of the molecule is O=C(NCCNC(=O)C1CC12CCNCC2)c1ccccc1. The smallest absolute Gasteiger partial charge is 0.251 e. The summed E-state index contributed by atoms with van der Waals surface area (Å²) < 4.78 is 0. The van der Waals surface area contributed by atoms with Crippen molar-refractivity contribution in [3.05, 3.63) is 35.9 Å². The van der Waals surface area contributed by atoms with Gasteiger partial charge in [-0.05, 0) is 49.9 Å². The summed E-state index contributed by atoms with van der Waals surface area (Å²) in [6.07, 6.45) is 3.24. The molecule has 1 heterocycles. The minimum atomic E-state index is -0.101.